The molecule has 0 aromatic carbocycles. The van der Waals surface area contributed by atoms with Crippen molar-refractivity contribution < 1.29 is 4.52 Å². The van der Waals surface area contributed by atoms with E-state index < -0.39 is 0 Å². The Morgan fingerprint density at radius 3 is 2.94 bits per heavy atom. The SMILES string of the molecule is CSCC[C@H](N)c1nc(C2CCCC2)no1. The van der Waals surface area contributed by atoms with Gasteiger partial charge in [0.25, 0.3) is 0 Å². The van der Waals surface area contributed by atoms with Crippen LogP contribution in [0.25, 0.3) is 0 Å². The van der Waals surface area contributed by atoms with Crippen molar-refractivity contribution in [2.75, 3.05) is 12.0 Å². The van der Waals surface area contributed by atoms with Gasteiger partial charge in [-0.15, -0.1) is 0 Å². The molecule has 90 valence electrons. The summed E-state index contributed by atoms with van der Waals surface area (Å²) in [5.41, 5.74) is 5.98. The zero-order chi connectivity index (χ0) is 11.4. The van der Waals surface area contributed by atoms with E-state index in [1.165, 1.54) is 25.7 Å². The van der Waals surface area contributed by atoms with Crippen LogP contribution in [0.15, 0.2) is 4.52 Å². The zero-order valence-corrected chi connectivity index (χ0v) is 10.5. The molecule has 0 bridgehead atoms. The van der Waals surface area contributed by atoms with Gasteiger partial charge in [0.2, 0.25) is 5.89 Å². The highest BCUT2D eigenvalue weighted by Crippen LogP contribution is 2.32. The predicted molar refractivity (Wildman–Crippen MR) is 65.4 cm³/mol. The highest BCUT2D eigenvalue weighted by Gasteiger charge is 2.23. The third-order valence-corrected chi connectivity index (χ3v) is 3.77. The maximum absolute atomic E-state index is 5.98. The van der Waals surface area contributed by atoms with Crippen molar-refractivity contribution in [3.05, 3.63) is 11.7 Å². The molecule has 5 heteroatoms. The van der Waals surface area contributed by atoms with Crippen LogP contribution in [-0.2, 0) is 0 Å². The highest BCUT2D eigenvalue weighted by atomic mass is 32.2. The maximum atomic E-state index is 5.98. The lowest BCUT2D eigenvalue weighted by atomic mass is 10.1. The van der Waals surface area contributed by atoms with Crippen LogP contribution in [0, 0.1) is 0 Å². The minimum absolute atomic E-state index is 0.102. The fraction of sp³-hybridized carbons (Fsp3) is 0.818. The van der Waals surface area contributed by atoms with Crippen LogP contribution >= 0.6 is 11.8 Å². The maximum Gasteiger partial charge on any atom is 0.243 e. The molecule has 1 heterocycles. The van der Waals surface area contributed by atoms with E-state index in [0.717, 1.165) is 18.0 Å². The summed E-state index contributed by atoms with van der Waals surface area (Å²) in [6.07, 6.45) is 7.93. The molecule has 0 radical (unpaired) electrons. The summed E-state index contributed by atoms with van der Waals surface area (Å²) in [6, 6.07) is -0.102. The summed E-state index contributed by atoms with van der Waals surface area (Å²) in [5.74, 6) is 3.01. The van der Waals surface area contributed by atoms with Gasteiger partial charge in [0.15, 0.2) is 5.82 Å². The Kier molecular flexibility index (Phi) is 4.23. The van der Waals surface area contributed by atoms with Crippen molar-refractivity contribution in [2.45, 2.75) is 44.1 Å². The topological polar surface area (TPSA) is 64.9 Å². The second-order valence-corrected chi connectivity index (χ2v) is 5.35. The van der Waals surface area contributed by atoms with Crippen LogP contribution in [0.4, 0.5) is 0 Å². The van der Waals surface area contributed by atoms with Crippen molar-refractivity contribution in [1.29, 1.82) is 0 Å². The van der Waals surface area contributed by atoms with Crippen LogP contribution in [0.2, 0.25) is 0 Å². The summed E-state index contributed by atoms with van der Waals surface area (Å²) < 4.78 is 5.24. The van der Waals surface area contributed by atoms with Crippen LogP contribution in [0.5, 0.6) is 0 Å². The summed E-state index contributed by atoms with van der Waals surface area (Å²) in [7, 11) is 0. The quantitative estimate of drug-likeness (QED) is 0.858. The lowest BCUT2D eigenvalue weighted by Crippen LogP contribution is -2.11. The van der Waals surface area contributed by atoms with Gasteiger partial charge < -0.3 is 10.3 Å². The minimum atomic E-state index is -0.102. The number of hydrogen-bond acceptors (Lipinski definition) is 5. The van der Waals surface area contributed by atoms with E-state index in [9.17, 15) is 0 Å². The first-order chi connectivity index (χ1) is 7.81. The first-order valence-electron chi connectivity index (χ1n) is 5.89. The van der Waals surface area contributed by atoms with E-state index in [1.807, 2.05) is 0 Å². The van der Waals surface area contributed by atoms with Gasteiger partial charge in [0.1, 0.15) is 0 Å². The lowest BCUT2D eigenvalue weighted by molar-refractivity contribution is 0.346. The molecule has 0 saturated heterocycles. The van der Waals surface area contributed by atoms with Gasteiger partial charge in [0.05, 0.1) is 6.04 Å². The van der Waals surface area contributed by atoms with Gasteiger partial charge in [-0.2, -0.15) is 16.7 Å². The molecule has 0 aliphatic heterocycles. The van der Waals surface area contributed by atoms with Gasteiger partial charge in [-0.25, -0.2) is 0 Å². The van der Waals surface area contributed by atoms with E-state index in [2.05, 4.69) is 16.4 Å². The summed E-state index contributed by atoms with van der Waals surface area (Å²) in [4.78, 5) is 4.43. The molecule has 2 rings (SSSR count). The molecule has 1 aliphatic rings. The zero-order valence-electron chi connectivity index (χ0n) is 9.69. The number of nitrogens with two attached hydrogens (primary N) is 1. The van der Waals surface area contributed by atoms with Gasteiger partial charge in [-0.3, -0.25) is 0 Å². The Morgan fingerprint density at radius 2 is 2.25 bits per heavy atom. The summed E-state index contributed by atoms with van der Waals surface area (Å²) in [6.45, 7) is 0. The van der Waals surface area contributed by atoms with Crippen molar-refractivity contribution >= 4 is 11.8 Å². The molecule has 4 nitrogen and oxygen atoms in total. The largest absolute Gasteiger partial charge is 0.338 e. The Morgan fingerprint density at radius 1 is 1.50 bits per heavy atom. The third-order valence-electron chi connectivity index (χ3n) is 3.13. The third kappa shape index (κ3) is 2.77. The van der Waals surface area contributed by atoms with E-state index in [1.54, 1.807) is 11.8 Å². The number of thioether (sulfide) groups is 1. The summed E-state index contributed by atoms with van der Waals surface area (Å²) >= 11 is 1.79. The molecule has 1 aromatic heterocycles. The number of hydrogen-bond donors (Lipinski definition) is 1. The average Bonchev–Trinajstić information content (AvgIpc) is 2.94. The van der Waals surface area contributed by atoms with Crippen molar-refractivity contribution in [3.8, 4) is 0 Å². The number of aromatic nitrogens is 2. The molecule has 1 atom stereocenters. The molecule has 16 heavy (non-hydrogen) atoms. The Labute approximate surface area is 100 Å². The molecular weight excluding hydrogens is 222 g/mol. The van der Waals surface area contributed by atoms with E-state index in [4.69, 9.17) is 10.3 Å². The fourth-order valence-corrected chi connectivity index (χ4v) is 2.61. The molecule has 1 fully saturated rings. The molecule has 0 unspecified atom stereocenters. The molecule has 0 spiro atoms. The molecule has 1 aliphatic carbocycles. The Bertz CT molecular complexity index is 323. The van der Waals surface area contributed by atoms with Gasteiger partial charge in [-0.1, -0.05) is 18.0 Å². The first kappa shape index (κ1) is 11.9. The Hall–Kier alpha value is -0.550. The average molecular weight is 241 g/mol. The van der Waals surface area contributed by atoms with Crippen LogP contribution in [-0.4, -0.2) is 22.1 Å². The van der Waals surface area contributed by atoms with Crippen molar-refractivity contribution in [2.24, 2.45) is 5.73 Å². The lowest BCUT2D eigenvalue weighted by Gasteiger charge is -2.04. The summed E-state index contributed by atoms with van der Waals surface area (Å²) in [5, 5.41) is 4.05. The first-order valence-corrected chi connectivity index (χ1v) is 7.28. The molecular formula is C11H19N3OS. The van der Waals surface area contributed by atoms with Crippen molar-refractivity contribution in [3.63, 3.8) is 0 Å². The number of rotatable bonds is 5. The van der Waals surface area contributed by atoms with Gasteiger partial charge in [0, 0.05) is 5.92 Å². The van der Waals surface area contributed by atoms with Crippen LogP contribution in [0.3, 0.4) is 0 Å². The second-order valence-electron chi connectivity index (χ2n) is 4.36. The van der Waals surface area contributed by atoms with Gasteiger partial charge >= 0.3 is 0 Å². The fourth-order valence-electron chi connectivity index (χ4n) is 2.12. The molecule has 1 saturated carbocycles. The monoisotopic (exact) mass is 241 g/mol. The van der Waals surface area contributed by atoms with E-state index in [-0.39, 0.29) is 6.04 Å². The normalized spacial score (nSPS) is 19.1. The van der Waals surface area contributed by atoms with E-state index >= 15 is 0 Å². The number of nitrogens with zero attached hydrogens (tertiary/aromatic N) is 2. The molecule has 2 N–H and O–H groups in total. The molecule has 0 amide bonds. The van der Waals surface area contributed by atoms with E-state index in [0.29, 0.717) is 11.8 Å². The second kappa shape index (κ2) is 5.68. The standard InChI is InChI=1S/C11H19N3OS/c1-16-7-6-9(12)11-13-10(14-15-11)8-4-2-3-5-8/h8-9H,2-7,12H2,1H3/t9-/m0/s1. The predicted octanol–water partition coefficient (Wildman–Crippen LogP) is 2.48. The molecule has 1 aromatic rings. The smallest absolute Gasteiger partial charge is 0.243 e. The van der Waals surface area contributed by atoms with Crippen molar-refractivity contribution in [1.82, 2.24) is 10.1 Å². The van der Waals surface area contributed by atoms with Crippen LogP contribution < -0.4 is 5.73 Å². The highest BCUT2D eigenvalue weighted by molar-refractivity contribution is 7.98. The minimum Gasteiger partial charge on any atom is -0.338 e. The van der Waals surface area contributed by atoms with Crippen LogP contribution in [0.1, 0.15) is 55.8 Å². The van der Waals surface area contributed by atoms with Gasteiger partial charge in [-0.05, 0) is 31.3 Å². The Balaban J connectivity index is 1.95.